The van der Waals surface area contributed by atoms with Gasteiger partial charge in [0.1, 0.15) is 23.0 Å². The van der Waals surface area contributed by atoms with Gasteiger partial charge in [-0.25, -0.2) is 0 Å². The molecule has 5 nitrogen and oxygen atoms in total. The van der Waals surface area contributed by atoms with E-state index in [1.54, 1.807) is 19.2 Å². The molecule has 4 rings (SSSR count). The highest BCUT2D eigenvalue weighted by Gasteiger charge is 2.08. The van der Waals surface area contributed by atoms with Crippen molar-refractivity contribution in [3.8, 4) is 34.5 Å². The van der Waals surface area contributed by atoms with Crippen molar-refractivity contribution in [1.29, 1.82) is 0 Å². The first-order chi connectivity index (χ1) is 16.5. The minimum absolute atomic E-state index is 0.0913. The third kappa shape index (κ3) is 6.01. The number of hydrogen-bond donors (Lipinski definition) is 3. The summed E-state index contributed by atoms with van der Waals surface area (Å²) in [6.45, 7) is 0. The highest BCUT2D eigenvalue weighted by molar-refractivity contribution is 5.45. The normalized spacial score (nSPS) is 10.7. The van der Waals surface area contributed by atoms with Crippen LogP contribution in [0.3, 0.4) is 0 Å². The molecule has 3 N–H and O–H groups in total. The first-order valence-electron chi connectivity index (χ1n) is 11.2. The van der Waals surface area contributed by atoms with Crippen molar-refractivity contribution in [3.05, 3.63) is 107 Å². The number of ether oxygens (including phenoxy) is 2. The van der Waals surface area contributed by atoms with Crippen molar-refractivity contribution in [3.63, 3.8) is 0 Å². The summed E-state index contributed by atoms with van der Waals surface area (Å²) in [5.74, 6) is 2.30. The van der Waals surface area contributed by atoms with E-state index in [9.17, 15) is 15.3 Å². The zero-order chi connectivity index (χ0) is 23.9. The predicted molar refractivity (Wildman–Crippen MR) is 132 cm³/mol. The maximum Gasteiger partial charge on any atom is 0.169 e. The smallest absolute Gasteiger partial charge is 0.169 e. The lowest BCUT2D eigenvalue weighted by atomic mass is 10.0. The van der Waals surface area contributed by atoms with Gasteiger partial charge in [-0.15, -0.1) is 0 Å². The maximum atomic E-state index is 10.3. The van der Waals surface area contributed by atoms with Crippen LogP contribution in [0.2, 0.25) is 0 Å². The second kappa shape index (κ2) is 10.7. The van der Waals surface area contributed by atoms with Gasteiger partial charge in [-0.1, -0.05) is 30.3 Å². The van der Waals surface area contributed by atoms with Crippen LogP contribution in [-0.4, -0.2) is 22.4 Å². The largest absolute Gasteiger partial charge is 0.508 e. The Balaban J connectivity index is 1.37. The summed E-state index contributed by atoms with van der Waals surface area (Å²) in [5, 5.41) is 29.8. The zero-order valence-corrected chi connectivity index (χ0v) is 19.1. The molecule has 34 heavy (non-hydrogen) atoms. The number of rotatable bonds is 9. The van der Waals surface area contributed by atoms with Crippen molar-refractivity contribution in [1.82, 2.24) is 0 Å². The Morgan fingerprint density at radius 3 is 2.03 bits per heavy atom. The summed E-state index contributed by atoms with van der Waals surface area (Å²) in [6.07, 6.45) is 2.98. The molecular formula is C29H28O5. The summed E-state index contributed by atoms with van der Waals surface area (Å²) < 4.78 is 11.2. The summed E-state index contributed by atoms with van der Waals surface area (Å²) in [6, 6.07) is 25.6. The molecule has 0 radical (unpaired) electrons. The second-order valence-corrected chi connectivity index (χ2v) is 8.21. The molecule has 174 valence electrons. The van der Waals surface area contributed by atoms with E-state index < -0.39 is 0 Å². The first kappa shape index (κ1) is 23.1. The van der Waals surface area contributed by atoms with Gasteiger partial charge in [-0.3, -0.25) is 0 Å². The molecule has 4 aromatic rings. The molecule has 4 aromatic carbocycles. The Kier molecular flexibility index (Phi) is 7.23. The van der Waals surface area contributed by atoms with Crippen LogP contribution in [0.5, 0.6) is 34.5 Å². The molecule has 0 bridgehead atoms. The van der Waals surface area contributed by atoms with Crippen LogP contribution >= 0.6 is 0 Å². The quantitative estimate of drug-likeness (QED) is 0.262. The summed E-state index contributed by atoms with van der Waals surface area (Å²) in [7, 11) is 1.66. The average molecular weight is 457 g/mol. The van der Waals surface area contributed by atoms with Crippen molar-refractivity contribution in [2.24, 2.45) is 0 Å². The number of aryl methyl sites for hydroxylation is 4. The van der Waals surface area contributed by atoms with Gasteiger partial charge in [0.15, 0.2) is 11.5 Å². The minimum atomic E-state index is 0.0913. The fraction of sp³-hybridized carbons (Fsp3) is 0.172. The highest BCUT2D eigenvalue weighted by atomic mass is 16.5. The van der Waals surface area contributed by atoms with E-state index >= 15 is 0 Å². The summed E-state index contributed by atoms with van der Waals surface area (Å²) in [4.78, 5) is 0. The lowest BCUT2D eigenvalue weighted by Gasteiger charge is -2.11. The Morgan fingerprint density at radius 2 is 1.26 bits per heavy atom. The van der Waals surface area contributed by atoms with Crippen molar-refractivity contribution in [2.75, 3.05) is 7.11 Å². The van der Waals surface area contributed by atoms with Crippen LogP contribution < -0.4 is 9.47 Å². The molecule has 0 unspecified atom stereocenters. The SMILES string of the molecule is COc1cccc(CCc2ccc(O)c(Oc3ccc(CCc4cc(O)ccc4O)cc3)c2)c1. The highest BCUT2D eigenvalue weighted by Crippen LogP contribution is 2.32. The molecular weight excluding hydrogens is 428 g/mol. The molecule has 0 saturated heterocycles. The molecule has 0 spiro atoms. The monoisotopic (exact) mass is 456 g/mol. The molecule has 0 amide bonds. The van der Waals surface area contributed by atoms with E-state index in [0.717, 1.165) is 29.7 Å². The molecule has 0 fully saturated rings. The van der Waals surface area contributed by atoms with Crippen molar-refractivity contribution >= 4 is 0 Å². The van der Waals surface area contributed by atoms with E-state index in [1.165, 1.54) is 17.7 Å². The average Bonchev–Trinajstić information content (AvgIpc) is 2.86. The summed E-state index contributed by atoms with van der Waals surface area (Å²) >= 11 is 0. The third-order valence-corrected chi connectivity index (χ3v) is 5.76. The van der Waals surface area contributed by atoms with Gasteiger partial charge in [-0.05, 0) is 103 Å². The Bertz CT molecular complexity index is 1250. The molecule has 0 aliphatic rings. The van der Waals surface area contributed by atoms with Gasteiger partial charge in [-0.2, -0.15) is 0 Å². The number of methoxy groups -OCH3 is 1. The minimum Gasteiger partial charge on any atom is -0.508 e. The topological polar surface area (TPSA) is 79.2 Å². The maximum absolute atomic E-state index is 10.3. The van der Waals surface area contributed by atoms with Crippen LogP contribution in [0.4, 0.5) is 0 Å². The van der Waals surface area contributed by atoms with Crippen LogP contribution in [0.15, 0.2) is 84.9 Å². The van der Waals surface area contributed by atoms with E-state index in [-0.39, 0.29) is 17.2 Å². The fourth-order valence-corrected chi connectivity index (χ4v) is 3.81. The lowest BCUT2D eigenvalue weighted by Crippen LogP contribution is -1.94. The van der Waals surface area contributed by atoms with Crippen molar-refractivity contribution < 1.29 is 24.8 Å². The fourth-order valence-electron chi connectivity index (χ4n) is 3.81. The molecule has 0 aliphatic heterocycles. The Morgan fingerprint density at radius 1 is 0.588 bits per heavy atom. The predicted octanol–water partition coefficient (Wildman–Crippen LogP) is 6.17. The zero-order valence-electron chi connectivity index (χ0n) is 19.1. The van der Waals surface area contributed by atoms with Crippen LogP contribution in [0, 0.1) is 0 Å². The third-order valence-electron chi connectivity index (χ3n) is 5.76. The molecule has 0 aliphatic carbocycles. The molecule has 0 aromatic heterocycles. The van der Waals surface area contributed by atoms with Gasteiger partial charge in [0, 0.05) is 0 Å². The molecule has 5 heteroatoms. The number of phenolic OH excluding ortho intramolecular Hbond substituents is 3. The standard InChI is InChI=1S/C29H28O5/c1-33-26-4-2-3-21(17-26)5-6-22-10-15-28(32)29(18-22)34-25-13-8-20(9-14-25)7-11-23-19-24(30)12-16-27(23)31/h2-4,8-10,12-19,30-32H,5-7,11H2,1H3. The molecule has 0 heterocycles. The van der Waals surface area contributed by atoms with Gasteiger partial charge >= 0.3 is 0 Å². The van der Waals surface area contributed by atoms with Gasteiger partial charge in [0.25, 0.3) is 0 Å². The number of benzene rings is 4. The number of phenols is 3. The van der Waals surface area contributed by atoms with Gasteiger partial charge < -0.3 is 24.8 Å². The van der Waals surface area contributed by atoms with Crippen LogP contribution in [0.1, 0.15) is 22.3 Å². The van der Waals surface area contributed by atoms with Gasteiger partial charge in [0.05, 0.1) is 7.11 Å². The number of aromatic hydroxyl groups is 3. The van der Waals surface area contributed by atoms with Crippen molar-refractivity contribution in [2.45, 2.75) is 25.7 Å². The lowest BCUT2D eigenvalue weighted by molar-refractivity contribution is 0.410. The Labute approximate surface area is 199 Å². The number of hydrogen-bond acceptors (Lipinski definition) is 5. The molecule has 0 saturated carbocycles. The molecule has 0 atom stereocenters. The van der Waals surface area contributed by atoms with E-state index in [1.807, 2.05) is 54.6 Å². The summed E-state index contributed by atoms with van der Waals surface area (Å²) in [5.41, 5.74) is 4.03. The van der Waals surface area contributed by atoms with Crippen LogP contribution in [-0.2, 0) is 25.7 Å². The Hall–Kier alpha value is -4.12. The first-order valence-corrected chi connectivity index (χ1v) is 11.2. The van der Waals surface area contributed by atoms with Gasteiger partial charge in [0.2, 0.25) is 0 Å². The second-order valence-electron chi connectivity index (χ2n) is 8.21. The van der Waals surface area contributed by atoms with E-state index in [0.29, 0.717) is 29.9 Å². The van der Waals surface area contributed by atoms with E-state index in [2.05, 4.69) is 6.07 Å². The van der Waals surface area contributed by atoms with E-state index in [4.69, 9.17) is 9.47 Å². The van der Waals surface area contributed by atoms with Crippen LogP contribution in [0.25, 0.3) is 0 Å².